The molecule has 1 aliphatic heterocycles. The van der Waals surface area contributed by atoms with Gasteiger partial charge >= 0.3 is 0 Å². The lowest BCUT2D eigenvalue weighted by atomic mass is 9.96. The van der Waals surface area contributed by atoms with E-state index in [9.17, 15) is 9.59 Å². The van der Waals surface area contributed by atoms with Crippen molar-refractivity contribution in [2.45, 2.75) is 26.7 Å². The molecule has 1 N–H and O–H groups in total. The zero-order valence-electron chi connectivity index (χ0n) is 16.7. The first-order valence-electron chi connectivity index (χ1n) is 9.57. The highest BCUT2D eigenvalue weighted by Gasteiger charge is 2.29. The Morgan fingerprint density at radius 2 is 2.11 bits per heavy atom. The van der Waals surface area contributed by atoms with E-state index in [4.69, 9.17) is 0 Å². The van der Waals surface area contributed by atoms with Crippen molar-refractivity contribution < 1.29 is 9.59 Å². The average molecular weight is 381 g/mol. The van der Waals surface area contributed by atoms with E-state index < -0.39 is 0 Å². The minimum atomic E-state index is -0.189. The maximum Gasteiger partial charge on any atom is 0.243 e. The van der Waals surface area contributed by atoms with E-state index in [0.717, 1.165) is 42.0 Å². The number of aryl methyl sites for hydroxylation is 2. The van der Waals surface area contributed by atoms with Crippen LogP contribution in [-0.4, -0.2) is 53.4 Å². The Hall–Kier alpha value is -2.96. The molecule has 0 bridgehead atoms. The monoisotopic (exact) mass is 381 g/mol. The fraction of sp³-hybridized carbons (Fsp3) is 0.429. The number of carbonyl (C=O) groups excluding carboxylic acids is 2. The van der Waals surface area contributed by atoms with E-state index in [1.54, 1.807) is 25.6 Å². The Bertz CT molecular complexity index is 840. The Labute approximate surface area is 165 Å². The minimum Gasteiger partial charge on any atom is -0.355 e. The van der Waals surface area contributed by atoms with Crippen LogP contribution in [0.5, 0.6) is 0 Å². The first-order valence-corrected chi connectivity index (χ1v) is 9.57. The molecule has 7 nitrogen and oxygen atoms in total. The number of benzene rings is 1. The summed E-state index contributed by atoms with van der Waals surface area (Å²) in [7, 11) is 1.69. The predicted molar refractivity (Wildman–Crippen MR) is 109 cm³/mol. The molecule has 28 heavy (non-hydrogen) atoms. The lowest BCUT2D eigenvalue weighted by Crippen LogP contribution is -2.45. The summed E-state index contributed by atoms with van der Waals surface area (Å²) in [5.41, 5.74) is 2.87. The van der Waals surface area contributed by atoms with Crippen molar-refractivity contribution in [3.8, 4) is 0 Å². The molecule has 1 aromatic carbocycles. The minimum absolute atomic E-state index is 0.00953. The van der Waals surface area contributed by atoms with E-state index in [1.807, 2.05) is 32.0 Å². The van der Waals surface area contributed by atoms with Crippen LogP contribution in [0, 0.1) is 19.8 Å². The van der Waals surface area contributed by atoms with Crippen LogP contribution in [0.3, 0.4) is 0 Å². The zero-order chi connectivity index (χ0) is 20.1. The van der Waals surface area contributed by atoms with Gasteiger partial charge in [-0.1, -0.05) is 12.1 Å². The molecule has 1 aliphatic rings. The van der Waals surface area contributed by atoms with Crippen molar-refractivity contribution in [2.75, 3.05) is 36.9 Å². The normalized spacial score (nSPS) is 16.5. The summed E-state index contributed by atoms with van der Waals surface area (Å²) in [4.78, 5) is 37.3. The van der Waals surface area contributed by atoms with Crippen molar-refractivity contribution in [1.29, 1.82) is 0 Å². The highest BCUT2D eigenvalue weighted by atomic mass is 16.2. The average Bonchev–Trinajstić information content (AvgIpc) is 2.71. The van der Waals surface area contributed by atoms with E-state index in [-0.39, 0.29) is 24.3 Å². The molecule has 7 heteroatoms. The Kier molecular flexibility index (Phi) is 6.23. The number of nitrogens with one attached hydrogen (secondary N) is 1. The second kappa shape index (κ2) is 8.82. The van der Waals surface area contributed by atoms with E-state index in [2.05, 4.69) is 20.2 Å². The number of hydrogen-bond acceptors (Lipinski definition) is 5. The van der Waals surface area contributed by atoms with E-state index in [1.165, 1.54) is 4.90 Å². The highest BCUT2D eigenvalue weighted by molar-refractivity contribution is 5.95. The summed E-state index contributed by atoms with van der Waals surface area (Å²) in [5, 5.41) is 2.91. The molecule has 0 spiro atoms. The van der Waals surface area contributed by atoms with Crippen molar-refractivity contribution in [1.82, 2.24) is 14.9 Å². The topological polar surface area (TPSA) is 78.4 Å². The quantitative estimate of drug-likeness (QED) is 0.860. The molecule has 1 fully saturated rings. The van der Waals surface area contributed by atoms with E-state index >= 15 is 0 Å². The summed E-state index contributed by atoms with van der Waals surface area (Å²) >= 11 is 0. The fourth-order valence-electron chi connectivity index (χ4n) is 3.51. The summed E-state index contributed by atoms with van der Waals surface area (Å²) < 4.78 is 0. The number of nitrogens with zero attached hydrogens (tertiary/aromatic N) is 4. The lowest BCUT2D eigenvalue weighted by molar-refractivity contribution is -0.137. The van der Waals surface area contributed by atoms with Crippen molar-refractivity contribution in [2.24, 2.45) is 5.92 Å². The van der Waals surface area contributed by atoms with Crippen molar-refractivity contribution >= 4 is 23.3 Å². The van der Waals surface area contributed by atoms with Gasteiger partial charge in [0.05, 0.1) is 18.7 Å². The van der Waals surface area contributed by atoms with Crippen LogP contribution in [0.25, 0.3) is 0 Å². The smallest absolute Gasteiger partial charge is 0.243 e. The molecular formula is C21H27N5O2. The predicted octanol–water partition coefficient (Wildman–Crippen LogP) is 2.41. The highest BCUT2D eigenvalue weighted by Crippen LogP contribution is 2.22. The van der Waals surface area contributed by atoms with Crippen LogP contribution in [-0.2, 0) is 9.59 Å². The Balaban J connectivity index is 1.57. The van der Waals surface area contributed by atoms with E-state index in [0.29, 0.717) is 6.54 Å². The molecule has 1 unspecified atom stereocenters. The maximum absolute atomic E-state index is 12.9. The molecule has 0 saturated carbocycles. The third kappa shape index (κ3) is 4.85. The van der Waals surface area contributed by atoms with Gasteiger partial charge in [-0.15, -0.1) is 0 Å². The first-order chi connectivity index (χ1) is 13.4. The Morgan fingerprint density at radius 3 is 2.86 bits per heavy atom. The molecule has 3 rings (SSSR count). The third-order valence-corrected chi connectivity index (χ3v) is 5.07. The van der Waals surface area contributed by atoms with Crippen molar-refractivity contribution in [3.63, 3.8) is 0 Å². The van der Waals surface area contributed by atoms with Crippen LogP contribution in [0.1, 0.15) is 24.0 Å². The third-order valence-electron chi connectivity index (χ3n) is 5.07. The van der Waals surface area contributed by atoms with Crippen LogP contribution >= 0.6 is 0 Å². The number of piperidine rings is 1. The van der Waals surface area contributed by atoms with Crippen LogP contribution < -0.4 is 10.2 Å². The van der Waals surface area contributed by atoms with Gasteiger partial charge in [-0.2, -0.15) is 0 Å². The molecule has 1 aromatic heterocycles. The van der Waals surface area contributed by atoms with Gasteiger partial charge in [-0.25, -0.2) is 4.98 Å². The van der Waals surface area contributed by atoms with Crippen LogP contribution in [0.2, 0.25) is 0 Å². The number of likely N-dealkylation sites (N-methyl/N-ethyl adjacent to an activating group) is 1. The Morgan fingerprint density at radius 1 is 1.29 bits per heavy atom. The molecule has 0 aliphatic carbocycles. The summed E-state index contributed by atoms with van der Waals surface area (Å²) in [5.74, 6) is 0.445. The largest absolute Gasteiger partial charge is 0.355 e. The molecule has 1 saturated heterocycles. The molecule has 148 valence electrons. The summed E-state index contributed by atoms with van der Waals surface area (Å²) in [6, 6.07) is 5.92. The summed E-state index contributed by atoms with van der Waals surface area (Å²) in [6.45, 7) is 5.43. The fourth-order valence-corrected chi connectivity index (χ4v) is 3.51. The van der Waals surface area contributed by atoms with Gasteiger partial charge in [-0.3, -0.25) is 14.6 Å². The standard InChI is InChI=1S/C21H27N5O2/c1-15-6-7-16(2)18(11-15)24-20(27)14-25(3)21(28)17-5-4-10-26(13-17)19-12-22-8-9-23-19/h6-9,11-12,17H,4-5,10,13-14H2,1-3H3,(H,24,27). The molecule has 2 amide bonds. The molecular weight excluding hydrogens is 354 g/mol. The SMILES string of the molecule is Cc1ccc(C)c(NC(=O)CN(C)C(=O)C2CCCN(c3cnccn3)C2)c1. The number of hydrogen-bond donors (Lipinski definition) is 1. The first kappa shape index (κ1) is 19.8. The van der Waals surface area contributed by atoms with Gasteiger partial charge in [0.2, 0.25) is 11.8 Å². The van der Waals surface area contributed by atoms with Crippen molar-refractivity contribution in [3.05, 3.63) is 47.9 Å². The number of aromatic nitrogens is 2. The lowest BCUT2D eigenvalue weighted by Gasteiger charge is -2.34. The number of amides is 2. The summed E-state index contributed by atoms with van der Waals surface area (Å²) in [6.07, 6.45) is 6.74. The number of anilines is 2. The van der Waals surface area contributed by atoms with Crippen LogP contribution in [0.15, 0.2) is 36.8 Å². The van der Waals surface area contributed by atoms with Gasteiger partial charge in [0.25, 0.3) is 0 Å². The molecule has 2 heterocycles. The van der Waals surface area contributed by atoms with Crippen LogP contribution in [0.4, 0.5) is 11.5 Å². The van der Waals surface area contributed by atoms with Gasteiger partial charge in [0.1, 0.15) is 5.82 Å². The van der Waals surface area contributed by atoms with Gasteiger partial charge in [-0.05, 0) is 43.9 Å². The molecule has 1 atom stereocenters. The zero-order valence-corrected chi connectivity index (χ0v) is 16.7. The molecule has 0 radical (unpaired) electrons. The van der Waals surface area contributed by atoms with Gasteiger partial charge in [0, 0.05) is 38.2 Å². The molecule has 2 aromatic rings. The number of rotatable bonds is 5. The van der Waals surface area contributed by atoms with Gasteiger partial charge in [0.15, 0.2) is 0 Å². The number of carbonyl (C=O) groups is 2. The second-order valence-electron chi connectivity index (χ2n) is 7.41. The second-order valence-corrected chi connectivity index (χ2v) is 7.41. The van der Waals surface area contributed by atoms with Gasteiger partial charge < -0.3 is 15.1 Å². The maximum atomic E-state index is 12.9.